The van der Waals surface area contributed by atoms with Crippen LogP contribution in [0.15, 0.2) is 24.4 Å². The van der Waals surface area contributed by atoms with Crippen molar-refractivity contribution in [1.82, 2.24) is 14.8 Å². The van der Waals surface area contributed by atoms with Crippen molar-refractivity contribution in [2.75, 3.05) is 33.3 Å². The molecule has 0 saturated heterocycles. The number of nitriles is 1. The first-order valence-electron chi connectivity index (χ1n) is 11.1. The van der Waals surface area contributed by atoms with Gasteiger partial charge in [-0.3, -0.25) is 14.6 Å². The average Bonchev–Trinajstić information content (AvgIpc) is 2.82. The minimum Gasteiger partial charge on any atom is -0.492 e. The molecule has 1 unspecified atom stereocenters. The van der Waals surface area contributed by atoms with Crippen LogP contribution in [0, 0.1) is 11.3 Å². The second-order valence-corrected chi connectivity index (χ2v) is 8.05. The lowest BCUT2D eigenvalue weighted by atomic mass is 9.90. The molecular weight excluding hydrogens is 404 g/mol. The Morgan fingerprint density at radius 3 is 2.78 bits per heavy atom. The fourth-order valence-corrected chi connectivity index (χ4v) is 4.01. The van der Waals surface area contributed by atoms with Gasteiger partial charge >= 0.3 is 0 Å². The van der Waals surface area contributed by atoms with E-state index in [-0.39, 0.29) is 11.9 Å². The van der Waals surface area contributed by atoms with E-state index in [1.807, 2.05) is 26.0 Å². The van der Waals surface area contributed by atoms with Crippen LogP contribution >= 0.6 is 0 Å². The maximum atomic E-state index is 13.5. The van der Waals surface area contributed by atoms with Gasteiger partial charge in [0.15, 0.2) is 0 Å². The lowest BCUT2D eigenvalue weighted by molar-refractivity contribution is 0.0668. The van der Waals surface area contributed by atoms with Crippen molar-refractivity contribution in [2.45, 2.75) is 39.7 Å². The summed E-state index contributed by atoms with van der Waals surface area (Å²) >= 11 is 0. The molecular formula is C25H30N4O3. The van der Waals surface area contributed by atoms with E-state index in [0.29, 0.717) is 47.7 Å². The van der Waals surface area contributed by atoms with Crippen LogP contribution in [-0.2, 0) is 12.8 Å². The first kappa shape index (κ1) is 23.4. The summed E-state index contributed by atoms with van der Waals surface area (Å²) < 4.78 is 5.58. The Bertz CT molecular complexity index is 1040. The van der Waals surface area contributed by atoms with Gasteiger partial charge in [-0.25, -0.2) is 0 Å². The van der Waals surface area contributed by atoms with Crippen molar-refractivity contribution >= 4 is 12.2 Å². The number of aldehydes is 1. The van der Waals surface area contributed by atoms with Crippen molar-refractivity contribution in [2.24, 2.45) is 0 Å². The fraction of sp³-hybridized carbons (Fsp3) is 0.440. The normalized spacial score (nSPS) is 14.1. The first-order valence-corrected chi connectivity index (χ1v) is 11.1. The van der Waals surface area contributed by atoms with Gasteiger partial charge in [0.1, 0.15) is 23.7 Å². The topological polar surface area (TPSA) is 86.5 Å². The first-order chi connectivity index (χ1) is 15.4. The van der Waals surface area contributed by atoms with Crippen molar-refractivity contribution < 1.29 is 14.3 Å². The average molecular weight is 435 g/mol. The molecule has 2 aromatic rings. The largest absolute Gasteiger partial charge is 0.492 e. The summed E-state index contributed by atoms with van der Waals surface area (Å²) in [6, 6.07) is 7.38. The van der Waals surface area contributed by atoms with E-state index in [2.05, 4.69) is 29.9 Å². The van der Waals surface area contributed by atoms with Crippen LogP contribution in [0.5, 0.6) is 5.75 Å². The van der Waals surface area contributed by atoms with Crippen LogP contribution < -0.4 is 4.74 Å². The third-order valence-electron chi connectivity index (χ3n) is 6.09. The SMILES string of the molecule is CCOc1cc(C(C)N2CCc3c(C=O)cc(CCN(C)CC)cc3C2=O)ncc1C#N. The number of ether oxygens (including phenoxy) is 1. The van der Waals surface area contributed by atoms with Crippen LogP contribution in [0.25, 0.3) is 0 Å². The Balaban J connectivity index is 1.91. The van der Waals surface area contributed by atoms with Gasteiger partial charge in [-0.2, -0.15) is 5.26 Å². The number of hydrogen-bond donors (Lipinski definition) is 0. The zero-order valence-electron chi connectivity index (χ0n) is 19.2. The summed E-state index contributed by atoms with van der Waals surface area (Å²) in [5.41, 5.74) is 4.05. The summed E-state index contributed by atoms with van der Waals surface area (Å²) in [5.74, 6) is 0.374. The summed E-state index contributed by atoms with van der Waals surface area (Å²) in [7, 11) is 2.05. The molecule has 1 atom stereocenters. The van der Waals surface area contributed by atoms with E-state index in [1.54, 1.807) is 11.0 Å². The number of pyridine rings is 1. The molecule has 1 aliphatic heterocycles. The molecule has 0 saturated carbocycles. The van der Waals surface area contributed by atoms with Gasteiger partial charge in [0, 0.05) is 36.5 Å². The highest BCUT2D eigenvalue weighted by Crippen LogP contribution is 2.31. The second-order valence-electron chi connectivity index (χ2n) is 8.05. The van der Waals surface area contributed by atoms with E-state index >= 15 is 0 Å². The molecule has 0 radical (unpaired) electrons. The Labute approximate surface area is 189 Å². The number of fused-ring (bicyclic) bond motifs is 1. The van der Waals surface area contributed by atoms with Crippen LogP contribution in [0.3, 0.4) is 0 Å². The second kappa shape index (κ2) is 10.4. The van der Waals surface area contributed by atoms with Crippen molar-refractivity contribution in [3.63, 3.8) is 0 Å². The van der Waals surface area contributed by atoms with Gasteiger partial charge in [0.2, 0.25) is 0 Å². The summed E-state index contributed by atoms with van der Waals surface area (Å²) in [5, 5.41) is 9.28. The van der Waals surface area contributed by atoms with Crippen LogP contribution in [0.1, 0.15) is 69.9 Å². The fourth-order valence-electron chi connectivity index (χ4n) is 4.01. The number of carbonyl (C=O) groups excluding carboxylic acids is 2. The predicted molar refractivity (Wildman–Crippen MR) is 122 cm³/mol. The molecule has 0 N–H and O–H groups in total. The highest BCUT2D eigenvalue weighted by Gasteiger charge is 2.31. The highest BCUT2D eigenvalue weighted by atomic mass is 16.5. The standard InChI is InChI=1S/C25H30N4O3/c1-5-28(4)9-7-18-11-19(16-30)21-8-10-29(25(31)22(21)12-18)17(3)23-13-24(32-6-2)20(14-26)15-27-23/h11-13,15-17H,5-10H2,1-4H3. The number of benzene rings is 1. The van der Waals surface area contributed by atoms with Crippen LogP contribution in [0.4, 0.5) is 0 Å². The zero-order chi connectivity index (χ0) is 23.3. The smallest absolute Gasteiger partial charge is 0.254 e. The van der Waals surface area contributed by atoms with Gasteiger partial charge in [0.05, 0.1) is 18.3 Å². The third-order valence-corrected chi connectivity index (χ3v) is 6.09. The van der Waals surface area contributed by atoms with Gasteiger partial charge in [-0.15, -0.1) is 0 Å². The lowest BCUT2D eigenvalue weighted by Crippen LogP contribution is -2.40. The van der Waals surface area contributed by atoms with Gasteiger partial charge < -0.3 is 14.5 Å². The predicted octanol–water partition coefficient (Wildman–Crippen LogP) is 3.42. The van der Waals surface area contributed by atoms with Gasteiger partial charge in [-0.1, -0.05) is 6.92 Å². The number of hydrogen-bond acceptors (Lipinski definition) is 6. The van der Waals surface area contributed by atoms with E-state index < -0.39 is 0 Å². The molecule has 2 heterocycles. The molecule has 0 fully saturated rings. The third kappa shape index (κ3) is 4.81. The molecule has 32 heavy (non-hydrogen) atoms. The van der Waals surface area contributed by atoms with E-state index in [4.69, 9.17) is 4.74 Å². The number of amides is 1. The molecule has 7 heteroatoms. The van der Waals surface area contributed by atoms with Gasteiger partial charge in [-0.05, 0) is 63.5 Å². The maximum Gasteiger partial charge on any atom is 0.254 e. The highest BCUT2D eigenvalue weighted by molar-refractivity contribution is 5.99. The van der Waals surface area contributed by atoms with Gasteiger partial charge in [0.25, 0.3) is 5.91 Å². The molecule has 0 spiro atoms. The molecule has 0 aliphatic carbocycles. The maximum absolute atomic E-state index is 13.5. The Morgan fingerprint density at radius 2 is 2.12 bits per heavy atom. The van der Waals surface area contributed by atoms with Crippen molar-refractivity contribution in [1.29, 1.82) is 5.26 Å². The molecule has 7 nitrogen and oxygen atoms in total. The summed E-state index contributed by atoms with van der Waals surface area (Å²) in [6.45, 7) is 8.61. The van der Waals surface area contributed by atoms with E-state index in [0.717, 1.165) is 36.9 Å². The molecule has 168 valence electrons. The Hall–Kier alpha value is -3.24. The summed E-state index contributed by atoms with van der Waals surface area (Å²) in [6.07, 6.45) is 3.74. The number of carbonyl (C=O) groups is 2. The molecule has 1 aromatic heterocycles. The minimum absolute atomic E-state index is 0.100. The molecule has 1 aliphatic rings. The minimum atomic E-state index is -0.294. The van der Waals surface area contributed by atoms with Crippen LogP contribution in [0.2, 0.25) is 0 Å². The monoisotopic (exact) mass is 434 g/mol. The Kier molecular flexibility index (Phi) is 7.60. The van der Waals surface area contributed by atoms with Crippen LogP contribution in [-0.4, -0.2) is 60.3 Å². The molecule has 3 rings (SSSR count). The molecule has 0 bridgehead atoms. The number of aromatic nitrogens is 1. The van der Waals surface area contributed by atoms with Crippen molar-refractivity contribution in [3.05, 3.63) is 57.9 Å². The van der Waals surface area contributed by atoms with E-state index in [9.17, 15) is 14.9 Å². The lowest BCUT2D eigenvalue weighted by Gasteiger charge is -2.34. The molecule has 1 aromatic carbocycles. The molecule has 1 amide bonds. The quantitative estimate of drug-likeness (QED) is 0.562. The zero-order valence-corrected chi connectivity index (χ0v) is 19.2. The van der Waals surface area contributed by atoms with Crippen molar-refractivity contribution in [3.8, 4) is 11.8 Å². The van der Waals surface area contributed by atoms with E-state index in [1.165, 1.54) is 6.20 Å². The summed E-state index contributed by atoms with van der Waals surface area (Å²) in [4.78, 5) is 33.6. The number of rotatable bonds is 9. The number of nitrogens with zero attached hydrogens (tertiary/aromatic N) is 4. The Morgan fingerprint density at radius 1 is 1.34 bits per heavy atom. The number of likely N-dealkylation sites (N-methyl/N-ethyl adjacent to an activating group) is 1.